The molecule has 0 saturated carbocycles. The highest BCUT2D eigenvalue weighted by atomic mass is 32.2. The van der Waals surface area contributed by atoms with Gasteiger partial charge in [-0.15, -0.1) is 0 Å². The zero-order valence-corrected chi connectivity index (χ0v) is 16.4. The number of urea groups is 1. The Morgan fingerprint density at radius 1 is 1.26 bits per heavy atom. The number of non-ortho nitro benzene ring substituents is 1. The highest BCUT2D eigenvalue weighted by Gasteiger charge is 2.30. The monoisotopic (exact) mass is 398 g/mol. The van der Waals surface area contributed by atoms with Gasteiger partial charge < -0.3 is 10.2 Å². The van der Waals surface area contributed by atoms with Gasteiger partial charge in [0.15, 0.2) is 0 Å². The van der Waals surface area contributed by atoms with Crippen LogP contribution in [0.2, 0.25) is 0 Å². The van der Waals surface area contributed by atoms with Gasteiger partial charge in [0.05, 0.1) is 9.82 Å². The molecular weight excluding hydrogens is 372 g/mol. The van der Waals surface area contributed by atoms with E-state index in [4.69, 9.17) is 0 Å². The van der Waals surface area contributed by atoms with Crippen molar-refractivity contribution in [1.29, 1.82) is 0 Å². The van der Waals surface area contributed by atoms with Crippen molar-refractivity contribution in [2.45, 2.75) is 31.6 Å². The summed E-state index contributed by atoms with van der Waals surface area (Å²) < 4.78 is 26.7. The van der Waals surface area contributed by atoms with Gasteiger partial charge in [-0.05, 0) is 24.8 Å². The van der Waals surface area contributed by atoms with E-state index in [1.807, 2.05) is 0 Å². The molecule has 27 heavy (non-hydrogen) atoms. The van der Waals surface area contributed by atoms with E-state index in [0.29, 0.717) is 12.5 Å². The second-order valence-corrected chi connectivity index (χ2v) is 8.85. The molecule has 1 aliphatic rings. The smallest absolute Gasteiger partial charge is 0.317 e. The minimum Gasteiger partial charge on any atom is -0.338 e. The topological polar surface area (TPSA) is 113 Å². The van der Waals surface area contributed by atoms with E-state index in [0.717, 1.165) is 18.9 Å². The van der Waals surface area contributed by atoms with Crippen LogP contribution in [-0.2, 0) is 10.0 Å². The number of rotatable bonds is 7. The zero-order valence-electron chi connectivity index (χ0n) is 15.6. The number of nitro groups is 1. The summed E-state index contributed by atoms with van der Waals surface area (Å²) in [5.74, 6) is 0.587. The Balaban J connectivity index is 1.91. The fourth-order valence-corrected chi connectivity index (χ4v) is 4.32. The summed E-state index contributed by atoms with van der Waals surface area (Å²) >= 11 is 0. The predicted molar refractivity (Wildman–Crippen MR) is 101 cm³/mol. The fourth-order valence-electron chi connectivity index (χ4n) is 2.86. The average molecular weight is 398 g/mol. The number of sulfonamides is 1. The first-order valence-electron chi connectivity index (χ1n) is 8.99. The van der Waals surface area contributed by atoms with Gasteiger partial charge in [0.2, 0.25) is 10.0 Å². The van der Waals surface area contributed by atoms with E-state index < -0.39 is 14.9 Å². The van der Waals surface area contributed by atoms with Crippen LogP contribution in [0.25, 0.3) is 0 Å². The number of piperazine rings is 1. The standard InChI is InChI=1S/C17H26N4O5S/c1-14(2)5-4-8-18-17(22)19-9-11-20(12-10-19)27(25,26)16-7-3-6-15(13-16)21(23)24/h3,6-7,13-14H,4-5,8-12H2,1-2H3,(H,18,22). The Labute approximate surface area is 159 Å². The molecule has 0 bridgehead atoms. The van der Waals surface area contributed by atoms with Crippen molar-refractivity contribution in [1.82, 2.24) is 14.5 Å². The SMILES string of the molecule is CC(C)CCCNC(=O)N1CCN(S(=O)(=O)c2cccc([N+](=O)[O-])c2)CC1. The Kier molecular flexibility index (Phi) is 7.14. The van der Waals surface area contributed by atoms with Crippen LogP contribution >= 0.6 is 0 Å². The van der Waals surface area contributed by atoms with Crippen LogP contribution in [0.15, 0.2) is 29.2 Å². The van der Waals surface area contributed by atoms with Crippen LogP contribution in [0.4, 0.5) is 10.5 Å². The number of carbonyl (C=O) groups is 1. The fraction of sp³-hybridized carbons (Fsp3) is 0.588. The van der Waals surface area contributed by atoms with E-state index in [2.05, 4.69) is 19.2 Å². The molecule has 1 aromatic carbocycles. The van der Waals surface area contributed by atoms with Gasteiger partial charge in [0.1, 0.15) is 0 Å². The van der Waals surface area contributed by atoms with Crippen LogP contribution in [0.5, 0.6) is 0 Å². The predicted octanol–water partition coefficient (Wildman–Crippen LogP) is 2.05. The molecule has 10 heteroatoms. The molecule has 2 amide bonds. The van der Waals surface area contributed by atoms with Crippen LogP contribution in [0.1, 0.15) is 26.7 Å². The van der Waals surface area contributed by atoms with E-state index >= 15 is 0 Å². The highest BCUT2D eigenvalue weighted by molar-refractivity contribution is 7.89. The van der Waals surface area contributed by atoms with Crippen molar-refractivity contribution >= 4 is 21.7 Å². The van der Waals surface area contributed by atoms with E-state index in [1.54, 1.807) is 4.90 Å². The van der Waals surface area contributed by atoms with Crippen molar-refractivity contribution in [3.63, 3.8) is 0 Å². The largest absolute Gasteiger partial charge is 0.338 e. The number of amides is 2. The molecule has 0 atom stereocenters. The summed E-state index contributed by atoms with van der Waals surface area (Å²) in [4.78, 5) is 23.9. The molecular formula is C17H26N4O5S. The molecule has 1 saturated heterocycles. The summed E-state index contributed by atoms with van der Waals surface area (Å²) in [5, 5.41) is 13.7. The number of nitrogens with one attached hydrogen (secondary N) is 1. The number of nitro benzene ring substituents is 1. The van der Waals surface area contributed by atoms with Crippen molar-refractivity contribution in [2.75, 3.05) is 32.7 Å². The molecule has 1 aliphatic heterocycles. The molecule has 0 aliphatic carbocycles. The maximum absolute atomic E-state index is 12.7. The number of carbonyl (C=O) groups excluding carboxylic acids is 1. The first-order chi connectivity index (χ1) is 12.7. The molecule has 0 radical (unpaired) electrons. The third kappa shape index (κ3) is 5.64. The third-order valence-corrected chi connectivity index (χ3v) is 6.32. The number of nitrogens with zero attached hydrogens (tertiary/aromatic N) is 3. The first kappa shape index (κ1) is 21.1. The second-order valence-electron chi connectivity index (χ2n) is 6.91. The van der Waals surface area contributed by atoms with Crippen LogP contribution in [-0.4, -0.2) is 61.3 Å². The number of hydrogen-bond acceptors (Lipinski definition) is 5. The normalized spacial score (nSPS) is 15.7. The summed E-state index contributed by atoms with van der Waals surface area (Å²) in [6.45, 7) is 5.73. The Hall–Kier alpha value is -2.20. The Morgan fingerprint density at radius 3 is 2.52 bits per heavy atom. The van der Waals surface area contributed by atoms with E-state index in [9.17, 15) is 23.3 Å². The van der Waals surface area contributed by atoms with Crippen LogP contribution < -0.4 is 5.32 Å². The lowest BCUT2D eigenvalue weighted by Crippen LogP contribution is -2.53. The van der Waals surface area contributed by atoms with Crippen LogP contribution in [0, 0.1) is 16.0 Å². The minimum atomic E-state index is -3.83. The molecule has 2 rings (SSSR count). The van der Waals surface area contributed by atoms with Gasteiger partial charge in [0, 0.05) is 44.9 Å². The van der Waals surface area contributed by atoms with Gasteiger partial charge >= 0.3 is 6.03 Å². The maximum Gasteiger partial charge on any atom is 0.317 e. The molecule has 0 aromatic heterocycles. The van der Waals surface area contributed by atoms with Gasteiger partial charge in [-0.3, -0.25) is 10.1 Å². The zero-order chi connectivity index (χ0) is 20.0. The molecule has 0 spiro atoms. The minimum absolute atomic E-state index is 0.108. The quantitative estimate of drug-likeness (QED) is 0.429. The first-order valence-corrected chi connectivity index (χ1v) is 10.4. The molecule has 0 unspecified atom stereocenters. The van der Waals surface area contributed by atoms with E-state index in [-0.39, 0.29) is 42.8 Å². The van der Waals surface area contributed by atoms with Gasteiger partial charge in [-0.2, -0.15) is 4.31 Å². The average Bonchev–Trinajstić information content (AvgIpc) is 2.65. The lowest BCUT2D eigenvalue weighted by Gasteiger charge is -2.34. The summed E-state index contributed by atoms with van der Waals surface area (Å²) in [7, 11) is -3.83. The van der Waals surface area contributed by atoms with Crippen molar-refractivity contribution in [2.24, 2.45) is 5.92 Å². The lowest BCUT2D eigenvalue weighted by atomic mass is 10.1. The lowest BCUT2D eigenvalue weighted by molar-refractivity contribution is -0.385. The molecule has 150 valence electrons. The van der Waals surface area contributed by atoms with Crippen molar-refractivity contribution in [3.8, 4) is 0 Å². The maximum atomic E-state index is 12.7. The van der Waals surface area contributed by atoms with Gasteiger partial charge in [-0.1, -0.05) is 19.9 Å². The van der Waals surface area contributed by atoms with E-state index in [1.165, 1.54) is 22.5 Å². The summed E-state index contributed by atoms with van der Waals surface area (Å²) in [6, 6.07) is 4.82. The molecule has 1 heterocycles. The molecule has 1 aromatic rings. The Bertz CT molecular complexity index is 773. The van der Waals surface area contributed by atoms with Crippen LogP contribution in [0.3, 0.4) is 0 Å². The number of hydrogen-bond donors (Lipinski definition) is 1. The third-order valence-electron chi connectivity index (χ3n) is 4.43. The van der Waals surface area contributed by atoms with Gasteiger partial charge in [0.25, 0.3) is 5.69 Å². The van der Waals surface area contributed by atoms with Gasteiger partial charge in [-0.25, -0.2) is 13.2 Å². The summed E-state index contributed by atoms with van der Waals surface area (Å²) in [5.41, 5.74) is -0.268. The highest BCUT2D eigenvalue weighted by Crippen LogP contribution is 2.22. The number of benzene rings is 1. The summed E-state index contributed by atoms with van der Waals surface area (Å²) in [6.07, 6.45) is 1.94. The Morgan fingerprint density at radius 2 is 1.93 bits per heavy atom. The molecule has 1 N–H and O–H groups in total. The molecule has 1 fully saturated rings. The van der Waals surface area contributed by atoms with Crippen molar-refractivity contribution in [3.05, 3.63) is 34.4 Å². The molecule has 9 nitrogen and oxygen atoms in total. The van der Waals surface area contributed by atoms with Crippen molar-refractivity contribution < 1.29 is 18.1 Å². The second kappa shape index (κ2) is 9.14.